The van der Waals surface area contributed by atoms with E-state index in [-0.39, 0.29) is 0 Å². The lowest BCUT2D eigenvalue weighted by molar-refractivity contribution is 1.39. The highest BCUT2D eigenvalue weighted by Gasteiger charge is 1.85. The largest absolute Gasteiger partial charge is 0.0985 e. The molecule has 0 N–H and O–H groups in total. The summed E-state index contributed by atoms with van der Waals surface area (Å²) in [4.78, 5) is 0. The van der Waals surface area contributed by atoms with Crippen molar-refractivity contribution < 1.29 is 0 Å². The van der Waals surface area contributed by atoms with E-state index >= 15 is 0 Å². The van der Waals surface area contributed by atoms with Gasteiger partial charge in [0.2, 0.25) is 0 Å². The highest BCUT2D eigenvalue weighted by Crippen LogP contribution is 2.05. The quantitative estimate of drug-likeness (QED) is 0.507. The van der Waals surface area contributed by atoms with E-state index in [0.29, 0.717) is 0 Å². The molecular formula is C20H34. The number of hydrogen-bond donors (Lipinski definition) is 0. The van der Waals surface area contributed by atoms with E-state index in [1.54, 1.807) is 0 Å². The number of rotatable bonds is 2. The monoisotopic (exact) mass is 274 g/mol. The Kier molecular flexibility index (Phi) is 20.5. The minimum Gasteiger partial charge on any atom is -0.0985 e. The molecule has 0 nitrogen and oxygen atoms in total. The number of aryl methyl sites for hydroxylation is 2. The lowest BCUT2D eigenvalue weighted by Crippen LogP contribution is -1.74. The van der Waals surface area contributed by atoms with E-state index in [1.807, 2.05) is 53.7 Å². The van der Waals surface area contributed by atoms with Crippen LogP contribution < -0.4 is 0 Å². The average molecular weight is 274 g/mol. The maximum atomic E-state index is 3.76. The molecule has 1 rings (SSSR count). The second-order valence-electron chi connectivity index (χ2n) is 3.89. The lowest BCUT2D eigenvalue weighted by Gasteiger charge is -1.94. The molecule has 20 heavy (non-hydrogen) atoms. The molecule has 114 valence electrons. The molecule has 0 bridgehead atoms. The van der Waals surface area contributed by atoms with Crippen LogP contribution in [0.5, 0.6) is 0 Å². The smallest absolute Gasteiger partial charge is 0.0282 e. The van der Waals surface area contributed by atoms with Crippen LogP contribution >= 0.6 is 0 Å². The molecule has 0 fully saturated rings. The minimum absolute atomic E-state index is 1.07. The normalized spacial score (nSPS) is 8.70. The summed E-state index contributed by atoms with van der Waals surface area (Å²) >= 11 is 0. The van der Waals surface area contributed by atoms with E-state index in [2.05, 4.69) is 51.3 Å². The van der Waals surface area contributed by atoms with Crippen LogP contribution in [0.25, 0.3) is 0 Å². The Morgan fingerprint density at radius 3 is 1.50 bits per heavy atom. The summed E-state index contributed by atoms with van der Waals surface area (Å²) in [5, 5.41) is 0. The molecule has 0 amide bonds. The number of allylic oxidation sites excluding steroid dienone is 4. The van der Waals surface area contributed by atoms with Gasteiger partial charge in [0.1, 0.15) is 0 Å². The predicted octanol–water partition coefficient (Wildman–Crippen LogP) is 7.05. The zero-order valence-corrected chi connectivity index (χ0v) is 14.9. The van der Waals surface area contributed by atoms with E-state index in [0.717, 1.165) is 11.1 Å². The van der Waals surface area contributed by atoms with Gasteiger partial charge in [0.15, 0.2) is 0 Å². The van der Waals surface area contributed by atoms with Gasteiger partial charge < -0.3 is 0 Å². The topological polar surface area (TPSA) is 0 Å². The summed E-state index contributed by atoms with van der Waals surface area (Å²) in [5.41, 5.74) is 4.88. The van der Waals surface area contributed by atoms with Crippen molar-refractivity contribution in [2.45, 2.75) is 55.4 Å². The summed E-state index contributed by atoms with van der Waals surface area (Å²) in [6.45, 7) is 23.5. The molecule has 1 aromatic rings. The van der Waals surface area contributed by atoms with Gasteiger partial charge in [-0.2, -0.15) is 0 Å². The fourth-order valence-corrected chi connectivity index (χ4v) is 1.35. The summed E-state index contributed by atoms with van der Waals surface area (Å²) in [5.74, 6) is 0. The van der Waals surface area contributed by atoms with Crippen LogP contribution in [0.3, 0.4) is 0 Å². The second-order valence-corrected chi connectivity index (χ2v) is 3.89. The SMILES string of the molecule is C=C/C(=C\C)C(=C)C.CC.CC.Cc1cccc(C)c1. The first-order chi connectivity index (χ1) is 9.51. The second kappa shape index (κ2) is 17.4. The van der Waals surface area contributed by atoms with Crippen LogP contribution in [0.4, 0.5) is 0 Å². The molecule has 0 aliphatic rings. The van der Waals surface area contributed by atoms with E-state index in [4.69, 9.17) is 0 Å². The number of benzene rings is 1. The molecule has 0 aliphatic heterocycles. The van der Waals surface area contributed by atoms with Gasteiger partial charge in [-0.15, -0.1) is 0 Å². The highest BCUT2D eigenvalue weighted by atomic mass is 13.9. The Hall–Kier alpha value is -1.56. The van der Waals surface area contributed by atoms with Gasteiger partial charge in [-0.1, -0.05) is 94.0 Å². The van der Waals surface area contributed by atoms with Crippen LogP contribution in [0, 0.1) is 13.8 Å². The van der Waals surface area contributed by atoms with Gasteiger partial charge in [-0.05, 0) is 33.3 Å². The van der Waals surface area contributed by atoms with Crippen molar-refractivity contribution >= 4 is 0 Å². The van der Waals surface area contributed by atoms with Crippen molar-refractivity contribution in [3.8, 4) is 0 Å². The van der Waals surface area contributed by atoms with Crippen LogP contribution in [0.1, 0.15) is 52.7 Å². The Morgan fingerprint density at radius 2 is 1.40 bits per heavy atom. The molecule has 1 aromatic carbocycles. The van der Waals surface area contributed by atoms with Crippen LogP contribution in [0.15, 0.2) is 60.7 Å². The summed E-state index contributed by atoms with van der Waals surface area (Å²) in [6, 6.07) is 8.45. The maximum Gasteiger partial charge on any atom is -0.0282 e. The third-order valence-electron chi connectivity index (χ3n) is 2.20. The van der Waals surface area contributed by atoms with Gasteiger partial charge in [0, 0.05) is 0 Å². The fourth-order valence-electron chi connectivity index (χ4n) is 1.35. The Bertz CT molecular complexity index is 364. The molecule has 0 saturated heterocycles. The van der Waals surface area contributed by atoms with Crippen molar-refractivity contribution in [1.29, 1.82) is 0 Å². The van der Waals surface area contributed by atoms with Gasteiger partial charge in [-0.3, -0.25) is 0 Å². The van der Waals surface area contributed by atoms with Crippen molar-refractivity contribution in [3.05, 3.63) is 71.8 Å². The minimum atomic E-state index is 1.07. The fraction of sp³-hybridized carbons (Fsp3) is 0.400. The Labute approximate surface area is 127 Å². The first-order valence-corrected chi connectivity index (χ1v) is 7.49. The molecule has 0 saturated carbocycles. The molecule has 0 spiro atoms. The Balaban J connectivity index is -0.000000231. The van der Waals surface area contributed by atoms with E-state index < -0.39 is 0 Å². The predicted molar refractivity (Wildman–Crippen MR) is 97.4 cm³/mol. The molecule has 0 aliphatic carbocycles. The molecule has 0 atom stereocenters. The molecule has 0 radical (unpaired) electrons. The van der Waals surface area contributed by atoms with Gasteiger partial charge >= 0.3 is 0 Å². The van der Waals surface area contributed by atoms with Crippen molar-refractivity contribution in [3.63, 3.8) is 0 Å². The van der Waals surface area contributed by atoms with Crippen LogP contribution in [-0.4, -0.2) is 0 Å². The summed E-state index contributed by atoms with van der Waals surface area (Å²) < 4.78 is 0. The van der Waals surface area contributed by atoms with Crippen LogP contribution in [0.2, 0.25) is 0 Å². The van der Waals surface area contributed by atoms with Crippen molar-refractivity contribution in [1.82, 2.24) is 0 Å². The Morgan fingerprint density at radius 1 is 1.00 bits per heavy atom. The first-order valence-electron chi connectivity index (χ1n) is 7.49. The highest BCUT2D eigenvalue weighted by molar-refractivity contribution is 5.34. The van der Waals surface area contributed by atoms with Crippen LogP contribution in [-0.2, 0) is 0 Å². The third-order valence-corrected chi connectivity index (χ3v) is 2.20. The van der Waals surface area contributed by atoms with E-state index in [9.17, 15) is 0 Å². The summed E-state index contributed by atoms with van der Waals surface area (Å²) in [6.07, 6.45) is 3.80. The van der Waals surface area contributed by atoms with Gasteiger partial charge in [0.05, 0.1) is 0 Å². The van der Waals surface area contributed by atoms with Gasteiger partial charge in [0.25, 0.3) is 0 Å². The lowest BCUT2D eigenvalue weighted by atomic mass is 10.1. The molecule has 0 heteroatoms. The zero-order chi connectivity index (χ0) is 16.6. The first kappa shape index (κ1) is 23.5. The summed E-state index contributed by atoms with van der Waals surface area (Å²) in [7, 11) is 0. The molecular weight excluding hydrogens is 240 g/mol. The maximum absolute atomic E-state index is 3.76. The molecule has 0 heterocycles. The van der Waals surface area contributed by atoms with Crippen molar-refractivity contribution in [2.24, 2.45) is 0 Å². The van der Waals surface area contributed by atoms with E-state index in [1.165, 1.54) is 11.1 Å². The zero-order valence-electron chi connectivity index (χ0n) is 14.9. The van der Waals surface area contributed by atoms with Crippen molar-refractivity contribution in [2.75, 3.05) is 0 Å². The van der Waals surface area contributed by atoms with Gasteiger partial charge in [-0.25, -0.2) is 0 Å². The third kappa shape index (κ3) is 14.5. The standard InChI is InChI=1S/C8H10.C8H12.2C2H6/c1-7-4-3-5-8(2)6-7;1-5-8(6-2)7(3)4;2*1-2/h3-6H,1-2H3;5-6H,1,3H2,2,4H3;2*1-2H3/b;8-6+;;. The average Bonchev–Trinajstić information content (AvgIpc) is 2.44. The molecule has 0 unspecified atom stereocenters. The molecule has 0 aromatic heterocycles. The number of hydrogen-bond acceptors (Lipinski definition) is 0.